The Hall–Kier alpha value is 0.240. The summed E-state index contributed by atoms with van der Waals surface area (Å²) in [5, 5.41) is 8.47. The number of thiocarbonyl (C=S) groups is 1. The van der Waals surface area contributed by atoms with Crippen molar-refractivity contribution < 1.29 is 5.11 Å². The van der Waals surface area contributed by atoms with Crippen molar-refractivity contribution in [2.24, 2.45) is 0 Å². The number of aliphatic hydroxyl groups is 1. The van der Waals surface area contributed by atoms with Crippen LogP contribution in [0.2, 0.25) is 0 Å². The Morgan fingerprint density at radius 1 is 1.71 bits per heavy atom. The molecule has 0 aliphatic rings. The predicted molar refractivity (Wildman–Crippen MR) is 38.3 cm³/mol. The van der Waals surface area contributed by atoms with Crippen molar-refractivity contribution in [2.45, 2.75) is 12.8 Å². The maximum absolute atomic E-state index is 8.38. The van der Waals surface area contributed by atoms with Gasteiger partial charge in [-0.3, -0.25) is 0 Å². The minimum absolute atomic E-state index is 0.0917. The molecule has 0 aromatic carbocycles. The minimum Gasteiger partial charge on any atom is -0.502 e. The predicted octanol–water partition coefficient (Wildman–Crippen LogP) is 1.58. The summed E-state index contributed by atoms with van der Waals surface area (Å²) in [7, 11) is 0. The largest absolute Gasteiger partial charge is 0.502 e. The maximum Gasteiger partial charge on any atom is 0.156 e. The first-order valence-corrected chi connectivity index (χ1v) is 3.14. The SMILES string of the molecule is OC(=S)CCCS. The van der Waals surface area contributed by atoms with Crippen LogP contribution in [-0.2, 0) is 0 Å². The molecule has 7 heavy (non-hydrogen) atoms. The number of rotatable bonds is 3. The van der Waals surface area contributed by atoms with Crippen LogP contribution in [0.4, 0.5) is 0 Å². The normalized spacial score (nSPS) is 8.71. The van der Waals surface area contributed by atoms with Crippen LogP contribution in [0, 0.1) is 0 Å². The smallest absolute Gasteiger partial charge is 0.156 e. The summed E-state index contributed by atoms with van der Waals surface area (Å²) in [5.74, 6) is 0.792. The molecule has 42 valence electrons. The number of hydrogen-bond acceptors (Lipinski definition) is 2. The molecule has 0 heterocycles. The van der Waals surface area contributed by atoms with Crippen LogP contribution in [0.15, 0.2) is 0 Å². The van der Waals surface area contributed by atoms with E-state index < -0.39 is 0 Å². The molecule has 0 spiro atoms. The first-order valence-electron chi connectivity index (χ1n) is 2.10. The van der Waals surface area contributed by atoms with Crippen LogP contribution in [0.25, 0.3) is 0 Å². The molecule has 0 aliphatic carbocycles. The summed E-state index contributed by atoms with van der Waals surface area (Å²) in [6.45, 7) is 0. The molecule has 0 aromatic heterocycles. The molecule has 1 nitrogen and oxygen atoms in total. The average molecular weight is 136 g/mol. The van der Waals surface area contributed by atoms with E-state index in [2.05, 4.69) is 24.8 Å². The summed E-state index contributed by atoms with van der Waals surface area (Å²) >= 11 is 8.31. The highest BCUT2D eigenvalue weighted by atomic mass is 32.1. The van der Waals surface area contributed by atoms with Gasteiger partial charge in [-0.05, 0) is 24.4 Å². The van der Waals surface area contributed by atoms with Gasteiger partial charge in [0.2, 0.25) is 0 Å². The molecule has 0 saturated carbocycles. The Labute approximate surface area is 54.1 Å². The van der Waals surface area contributed by atoms with E-state index >= 15 is 0 Å². The van der Waals surface area contributed by atoms with E-state index in [1.54, 1.807) is 0 Å². The van der Waals surface area contributed by atoms with Crippen LogP contribution in [0.1, 0.15) is 12.8 Å². The molecule has 0 amide bonds. The quantitative estimate of drug-likeness (QED) is 0.454. The van der Waals surface area contributed by atoms with Crippen molar-refractivity contribution in [3.8, 4) is 0 Å². The lowest BCUT2D eigenvalue weighted by Gasteiger charge is -1.88. The Morgan fingerprint density at radius 3 is 2.43 bits per heavy atom. The molecule has 3 heteroatoms. The molecule has 0 aromatic rings. The molecular weight excluding hydrogens is 128 g/mol. The summed E-state index contributed by atoms with van der Waals surface area (Å²) in [4.78, 5) is 0. The van der Waals surface area contributed by atoms with Crippen molar-refractivity contribution in [1.29, 1.82) is 0 Å². The van der Waals surface area contributed by atoms with Crippen molar-refractivity contribution in [3.63, 3.8) is 0 Å². The molecule has 0 radical (unpaired) electrons. The van der Waals surface area contributed by atoms with Crippen LogP contribution in [-0.4, -0.2) is 15.9 Å². The second-order valence-corrected chi connectivity index (χ2v) is 2.14. The first kappa shape index (κ1) is 7.24. The standard InChI is InChI=1S/C4H8OS2/c5-4(7)2-1-3-6/h6H,1-3H2,(H,5,7). The Bertz CT molecular complexity index is 62.7. The van der Waals surface area contributed by atoms with Gasteiger partial charge in [-0.25, -0.2) is 0 Å². The van der Waals surface area contributed by atoms with Crippen LogP contribution < -0.4 is 0 Å². The minimum atomic E-state index is 0.0917. The van der Waals surface area contributed by atoms with E-state index in [-0.39, 0.29) is 5.05 Å². The molecule has 1 N–H and O–H groups in total. The zero-order valence-corrected chi connectivity index (χ0v) is 5.63. The molecule has 0 aliphatic heterocycles. The van der Waals surface area contributed by atoms with E-state index in [1.165, 1.54) is 0 Å². The monoisotopic (exact) mass is 136 g/mol. The van der Waals surface area contributed by atoms with Crippen molar-refractivity contribution >= 4 is 29.9 Å². The van der Waals surface area contributed by atoms with E-state index in [1.807, 2.05) is 0 Å². The number of aliphatic hydroxyl groups excluding tert-OH is 1. The highest BCUT2D eigenvalue weighted by Crippen LogP contribution is 1.91. The fourth-order valence-corrected chi connectivity index (χ4v) is 0.533. The molecule has 0 atom stereocenters. The lowest BCUT2D eigenvalue weighted by molar-refractivity contribution is 0.547. The summed E-state index contributed by atoms with van der Waals surface area (Å²) in [5.41, 5.74) is 0. The Kier molecular flexibility index (Phi) is 4.55. The zero-order chi connectivity index (χ0) is 5.70. The van der Waals surface area contributed by atoms with Crippen LogP contribution >= 0.6 is 24.8 Å². The van der Waals surface area contributed by atoms with Crippen molar-refractivity contribution in [2.75, 3.05) is 5.75 Å². The zero-order valence-electron chi connectivity index (χ0n) is 3.92. The number of hydrogen-bond donors (Lipinski definition) is 2. The summed E-state index contributed by atoms with van der Waals surface area (Å²) in [6.07, 6.45) is 1.48. The third kappa shape index (κ3) is 6.24. The van der Waals surface area contributed by atoms with Gasteiger partial charge in [-0.1, -0.05) is 0 Å². The lowest BCUT2D eigenvalue weighted by Crippen LogP contribution is -1.89. The topological polar surface area (TPSA) is 20.2 Å². The molecule has 0 rings (SSSR count). The highest BCUT2D eigenvalue weighted by molar-refractivity contribution is 7.80. The van der Waals surface area contributed by atoms with Gasteiger partial charge < -0.3 is 5.11 Å². The molecule has 0 saturated heterocycles. The van der Waals surface area contributed by atoms with Gasteiger partial charge in [-0.15, -0.1) is 0 Å². The van der Waals surface area contributed by atoms with Crippen molar-refractivity contribution in [3.05, 3.63) is 0 Å². The maximum atomic E-state index is 8.38. The van der Waals surface area contributed by atoms with E-state index in [9.17, 15) is 0 Å². The van der Waals surface area contributed by atoms with Gasteiger partial charge >= 0.3 is 0 Å². The molecule has 0 bridgehead atoms. The third-order valence-corrected chi connectivity index (χ3v) is 1.07. The van der Waals surface area contributed by atoms with Gasteiger partial charge in [0.1, 0.15) is 0 Å². The van der Waals surface area contributed by atoms with Crippen molar-refractivity contribution in [1.82, 2.24) is 0 Å². The first-order chi connectivity index (χ1) is 3.27. The van der Waals surface area contributed by atoms with Gasteiger partial charge in [0.05, 0.1) is 0 Å². The second-order valence-electron chi connectivity index (χ2n) is 1.22. The average Bonchev–Trinajstić information content (AvgIpc) is 1.61. The van der Waals surface area contributed by atoms with E-state index in [4.69, 9.17) is 5.11 Å². The molecular formula is C4H8OS2. The number of thiol groups is 1. The van der Waals surface area contributed by atoms with Gasteiger partial charge in [0.25, 0.3) is 0 Å². The summed E-state index contributed by atoms with van der Waals surface area (Å²) < 4.78 is 0. The van der Waals surface area contributed by atoms with E-state index in [0.29, 0.717) is 6.42 Å². The fraction of sp³-hybridized carbons (Fsp3) is 0.750. The van der Waals surface area contributed by atoms with Gasteiger partial charge in [-0.2, -0.15) is 12.6 Å². The molecule has 0 unspecified atom stereocenters. The Morgan fingerprint density at radius 2 is 2.29 bits per heavy atom. The van der Waals surface area contributed by atoms with Gasteiger partial charge in [0.15, 0.2) is 5.05 Å². The second kappa shape index (κ2) is 4.40. The highest BCUT2D eigenvalue weighted by Gasteiger charge is 1.86. The van der Waals surface area contributed by atoms with Crippen LogP contribution in [0.3, 0.4) is 0 Å². The van der Waals surface area contributed by atoms with Crippen LogP contribution in [0.5, 0.6) is 0 Å². The Balaban J connectivity index is 2.82. The van der Waals surface area contributed by atoms with Gasteiger partial charge in [0, 0.05) is 6.42 Å². The summed E-state index contributed by atoms with van der Waals surface area (Å²) in [6, 6.07) is 0. The molecule has 0 fully saturated rings. The third-order valence-electron chi connectivity index (χ3n) is 0.549. The fourth-order valence-electron chi connectivity index (χ4n) is 0.230. The van der Waals surface area contributed by atoms with E-state index in [0.717, 1.165) is 12.2 Å². The lowest BCUT2D eigenvalue weighted by atomic mass is 10.4.